The Morgan fingerprint density at radius 1 is 1.19 bits per heavy atom. The fourth-order valence-electron chi connectivity index (χ4n) is 3.21. The number of carbonyl (C=O) groups is 1. The number of piperidine rings is 1. The van der Waals surface area contributed by atoms with Crippen LogP contribution in [0.15, 0.2) is 42.7 Å². The molecule has 140 valence electrons. The average Bonchev–Trinajstić information content (AvgIpc) is 3.17. The summed E-state index contributed by atoms with van der Waals surface area (Å²) in [6.07, 6.45) is 6.90. The molecule has 1 saturated heterocycles. The number of carbonyl (C=O) groups excluding carboxylic acids is 1. The van der Waals surface area contributed by atoms with Gasteiger partial charge in [-0.25, -0.2) is 0 Å². The van der Waals surface area contributed by atoms with Crippen LogP contribution in [0, 0.1) is 0 Å². The van der Waals surface area contributed by atoms with Crippen molar-refractivity contribution >= 4 is 5.91 Å². The molecule has 1 fully saturated rings. The van der Waals surface area contributed by atoms with Crippen molar-refractivity contribution in [2.24, 2.45) is 0 Å². The number of hydrogen-bond donors (Lipinski definition) is 0. The Bertz CT molecular complexity index is 679. The number of aromatic nitrogens is 2. The molecule has 6 nitrogen and oxygen atoms in total. The van der Waals surface area contributed by atoms with Gasteiger partial charge in [-0.2, -0.15) is 5.10 Å². The molecule has 0 aliphatic carbocycles. The second-order valence-corrected chi connectivity index (χ2v) is 6.45. The van der Waals surface area contributed by atoms with Crippen molar-refractivity contribution in [1.29, 1.82) is 0 Å². The zero-order valence-electron chi connectivity index (χ0n) is 15.3. The predicted octanol–water partition coefficient (Wildman–Crippen LogP) is 3.13. The zero-order chi connectivity index (χ0) is 18.2. The van der Waals surface area contributed by atoms with E-state index in [0.717, 1.165) is 50.4 Å². The first-order valence-corrected chi connectivity index (χ1v) is 9.40. The highest BCUT2D eigenvalue weighted by Gasteiger charge is 2.24. The van der Waals surface area contributed by atoms with E-state index in [1.165, 1.54) is 0 Å². The minimum Gasteiger partial charge on any atom is -0.490 e. The van der Waals surface area contributed by atoms with E-state index >= 15 is 0 Å². The first kappa shape index (κ1) is 18.3. The van der Waals surface area contributed by atoms with Crippen LogP contribution in [0.1, 0.15) is 32.6 Å². The smallest absolute Gasteiger partial charge is 0.222 e. The van der Waals surface area contributed by atoms with Gasteiger partial charge in [-0.05, 0) is 31.5 Å². The van der Waals surface area contributed by atoms with Gasteiger partial charge in [0.05, 0.1) is 6.61 Å². The topological polar surface area (TPSA) is 56.6 Å². The molecule has 2 aromatic rings. The lowest BCUT2D eigenvalue weighted by Gasteiger charge is -2.32. The number of para-hydroxylation sites is 2. The van der Waals surface area contributed by atoms with Crippen LogP contribution in [0.25, 0.3) is 0 Å². The van der Waals surface area contributed by atoms with Gasteiger partial charge in [0.25, 0.3) is 0 Å². The summed E-state index contributed by atoms with van der Waals surface area (Å²) in [5.41, 5.74) is 0. The van der Waals surface area contributed by atoms with Crippen LogP contribution >= 0.6 is 0 Å². The fourth-order valence-corrected chi connectivity index (χ4v) is 3.21. The summed E-state index contributed by atoms with van der Waals surface area (Å²) in [7, 11) is 0. The van der Waals surface area contributed by atoms with Gasteiger partial charge in [0, 0.05) is 51.3 Å². The summed E-state index contributed by atoms with van der Waals surface area (Å²) in [6, 6.07) is 9.67. The fraction of sp³-hybridized carbons (Fsp3) is 0.500. The normalized spacial score (nSPS) is 15.0. The Morgan fingerprint density at radius 3 is 2.65 bits per heavy atom. The van der Waals surface area contributed by atoms with E-state index in [0.29, 0.717) is 13.0 Å². The lowest BCUT2D eigenvalue weighted by atomic mass is 10.1. The highest BCUT2D eigenvalue weighted by molar-refractivity contribution is 5.76. The van der Waals surface area contributed by atoms with Crippen molar-refractivity contribution < 1.29 is 14.3 Å². The number of benzene rings is 1. The largest absolute Gasteiger partial charge is 0.490 e. The predicted molar refractivity (Wildman–Crippen MR) is 99.3 cm³/mol. The van der Waals surface area contributed by atoms with Gasteiger partial charge < -0.3 is 14.4 Å². The van der Waals surface area contributed by atoms with Crippen LogP contribution in [0.5, 0.6) is 11.5 Å². The Hall–Kier alpha value is -2.50. The third kappa shape index (κ3) is 5.00. The third-order valence-electron chi connectivity index (χ3n) is 4.57. The minimum absolute atomic E-state index is 0.129. The van der Waals surface area contributed by atoms with E-state index in [1.807, 2.05) is 53.0 Å². The Labute approximate surface area is 154 Å². The first-order valence-electron chi connectivity index (χ1n) is 9.40. The molecule has 0 bridgehead atoms. The second-order valence-electron chi connectivity index (χ2n) is 6.45. The monoisotopic (exact) mass is 357 g/mol. The lowest BCUT2D eigenvalue weighted by Crippen LogP contribution is -2.41. The average molecular weight is 357 g/mol. The maximum atomic E-state index is 12.4. The molecule has 3 rings (SSSR count). The van der Waals surface area contributed by atoms with Crippen molar-refractivity contribution in [1.82, 2.24) is 14.7 Å². The van der Waals surface area contributed by atoms with E-state index in [-0.39, 0.29) is 12.0 Å². The molecule has 1 aliphatic heterocycles. The quantitative estimate of drug-likeness (QED) is 0.728. The summed E-state index contributed by atoms with van der Waals surface area (Å²) >= 11 is 0. The van der Waals surface area contributed by atoms with Gasteiger partial charge >= 0.3 is 0 Å². The van der Waals surface area contributed by atoms with Gasteiger partial charge in [0.1, 0.15) is 6.10 Å². The molecule has 0 spiro atoms. The van der Waals surface area contributed by atoms with E-state index in [4.69, 9.17) is 9.47 Å². The molecule has 1 amide bonds. The summed E-state index contributed by atoms with van der Waals surface area (Å²) in [4.78, 5) is 14.3. The van der Waals surface area contributed by atoms with Gasteiger partial charge in [-0.3, -0.25) is 9.48 Å². The van der Waals surface area contributed by atoms with Crippen molar-refractivity contribution in [3.63, 3.8) is 0 Å². The molecule has 6 heteroatoms. The van der Waals surface area contributed by atoms with Gasteiger partial charge in [-0.1, -0.05) is 12.1 Å². The standard InChI is InChI=1S/C20H27N3O3/c1-2-25-18-7-3-4-8-19(18)26-17-10-15-22(16-11-17)20(24)9-5-13-23-14-6-12-21-23/h3-4,6-8,12,14,17H,2,5,9-11,13,15-16H2,1H3. The van der Waals surface area contributed by atoms with Crippen LogP contribution in [0.2, 0.25) is 0 Å². The van der Waals surface area contributed by atoms with Crippen molar-refractivity contribution in [2.75, 3.05) is 19.7 Å². The molecular weight excluding hydrogens is 330 g/mol. The highest BCUT2D eigenvalue weighted by atomic mass is 16.5. The van der Waals surface area contributed by atoms with Gasteiger partial charge in [0.2, 0.25) is 5.91 Å². The van der Waals surface area contributed by atoms with Crippen molar-refractivity contribution in [3.8, 4) is 11.5 Å². The van der Waals surface area contributed by atoms with E-state index in [2.05, 4.69) is 5.10 Å². The van der Waals surface area contributed by atoms with E-state index in [1.54, 1.807) is 6.20 Å². The lowest BCUT2D eigenvalue weighted by molar-refractivity contribution is -0.133. The number of hydrogen-bond acceptors (Lipinski definition) is 4. The van der Waals surface area contributed by atoms with Crippen LogP contribution in [-0.4, -0.2) is 46.4 Å². The second kappa shape index (κ2) is 9.27. The van der Waals surface area contributed by atoms with Gasteiger partial charge in [0.15, 0.2) is 11.5 Å². The zero-order valence-corrected chi connectivity index (χ0v) is 15.3. The Morgan fingerprint density at radius 2 is 1.96 bits per heavy atom. The molecule has 0 N–H and O–H groups in total. The van der Waals surface area contributed by atoms with Crippen molar-refractivity contribution in [2.45, 2.75) is 45.3 Å². The maximum Gasteiger partial charge on any atom is 0.222 e. The summed E-state index contributed by atoms with van der Waals surface area (Å²) in [6.45, 7) is 4.87. The highest BCUT2D eigenvalue weighted by Crippen LogP contribution is 2.29. The number of amides is 1. The summed E-state index contributed by atoms with van der Waals surface area (Å²) in [5, 5.41) is 4.16. The molecule has 1 aromatic carbocycles. The molecule has 0 atom stereocenters. The number of aryl methyl sites for hydroxylation is 1. The van der Waals surface area contributed by atoms with E-state index < -0.39 is 0 Å². The molecule has 26 heavy (non-hydrogen) atoms. The van der Waals surface area contributed by atoms with Crippen LogP contribution in [0.4, 0.5) is 0 Å². The van der Waals surface area contributed by atoms with Crippen LogP contribution in [0.3, 0.4) is 0 Å². The SMILES string of the molecule is CCOc1ccccc1OC1CCN(C(=O)CCCn2cccn2)CC1. The molecule has 0 unspecified atom stereocenters. The van der Waals surface area contributed by atoms with E-state index in [9.17, 15) is 4.79 Å². The maximum absolute atomic E-state index is 12.4. The summed E-state index contributed by atoms with van der Waals surface area (Å²) in [5.74, 6) is 1.80. The minimum atomic E-state index is 0.129. The van der Waals surface area contributed by atoms with Crippen molar-refractivity contribution in [3.05, 3.63) is 42.7 Å². The first-order chi connectivity index (χ1) is 12.8. The van der Waals surface area contributed by atoms with Crippen LogP contribution in [-0.2, 0) is 11.3 Å². The Balaban J connectivity index is 1.41. The number of rotatable bonds is 8. The van der Waals surface area contributed by atoms with Crippen LogP contribution < -0.4 is 9.47 Å². The molecule has 1 aromatic heterocycles. The number of nitrogens with zero attached hydrogens (tertiary/aromatic N) is 3. The summed E-state index contributed by atoms with van der Waals surface area (Å²) < 4.78 is 13.6. The number of likely N-dealkylation sites (tertiary alicyclic amines) is 1. The molecule has 1 aliphatic rings. The molecule has 0 radical (unpaired) electrons. The number of ether oxygens (including phenoxy) is 2. The third-order valence-corrected chi connectivity index (χ3v) is 4.57. The molecular formula is C20H27N3O3. The molecule has 2 heterocycles. The Kier molecular flexibility index (Phi) is 6.52. The van der Waals surface area contributed by atoms with Gasteiger partial charge in [-0.15, -0.1) is 0 Å². The molecule has 0 saturated carbocycles.